The highest BCUT2D eigenvalue weighted by Gasteiger charge is 2.08. The first kappa shape index (κ1) is 14.8. The molecule has 0 bridgehead atoms. The van der Waals surface area contributed by atoms with Gasteiger partial charge in [-0.15, -0.1) is 0 Å². The summed E-state index contributed by atoms with van der Waals surface area (Å²) in [5.74, 6) is 0. The molecule has 0 radical (unpaired) electrons. The zero-order chi connectivity index (χ0) is 11.9. The molecule has 0 aliphatic rings. The molecule has 0 aliphatic carbocycles. The lowest BCUT2D eigenvalue weighted by atomic mass is 10.4. The summed E-state index contributed by atoms with van der Waals surface area (Å²) in [7, 11) is -6.06. The number of hydrogen-bond acceptors (Lipinski definition) is 4. The third-order valence-corrected chi connectivity index (χ3v) is 6.77. The first-order valence-corrected chi connectivity index (χ1v) is 8.76. The van der Waals surface area contributed by atoms with Crippen molar-refractivity contribution in [3.05, 3.63) is 22.5 Å². The van der Waals surface area contributed by atoms with Crippen molar-refractivity contribution in [3.63, 3.8) is 0 Å². The second-order valence-corrected chi connectivity index (χ2v) is 7.73. The van der Waals surface area contributed by atoms with Gasteiger partial charge in [0, 0.05) is 0 Å². The lowest BCUT2D eigenvalue weighted by Gasteiger charge is -2.02. The Labute approximate surface area is 96.6 Å². The SMILES string of the molecule is CC(C)=C[SiH2]OS(=O)(=O)O[SiH2]C=C(C)C. The minimum Gasteiger partial charge on any atom is -0.297 e. The maximum atomic E-state index is 11.2. The molecule has 0 unspecified atom stereocenters. The molecule has 0 N–H and O–H groups in total. The Morgan fingerprint density at radius 3 is 1.53 bits per heavy atom. The summed E-state index contributed by atoms with van der Waals surface area (Å²) >= 11 is 0. The van der Waals surface area contributed by atoms with Crippen LogP contribution in [0.15, 0.2) is 22.5 Å². The van der Waals surface area contributed by atoms with Crippen molar-refractivity contribution < 1.29 is 16.2 Å². The van der Waals surface area contributed by atoms with E-state index in [-0.39, 0.29) is 0 Å². The molecule has 0 spiro atoms. The second-order valence-electron chi connectivity index (χ2n) is 3.54. The fraction of sp³-hybridized carbons (Fsp3) is 0.500. The average Bonchev–Trinajstić information content (AvgIpc) is 2.01. The molecular weight excluding hydrogens is 248 g/mol. The van der Waals surface area contributed by atoms with Crippen molar-refractivity contribution in [3.8, 4) is 0 Å². The number of allylic oxidation sites excluding steroid dienone is 2. The minimum absolute atomic E-state index is 1.07. The zero-order valence-corrected chi connectivity index (χ0v) is 13.3. The van der Waals surface area contributed by atoms with Gasteiger partial charge in [0.2, 0.25) is 19.5 Å². The van der Waals surface area contributed by atoms with Crippen LogP contribution in [0.5, 0.6) is 0 Å². The summed E-state index contributed by atoms with van der Waals surface area (Å²) in [4.78, 5) is 0. The largest absolute Gasteiger partial charge is 0.379 e. The molecule has 4 nitrogen and oxygen atoms in total. The highest BCUT2D eigenvalue weighted by molar-refractivity contribution is 7.83. The second kappa shape index (κ2) is 7.12. The zero-order valence-electron chi connectivity index (χ0n) is 9.61. The van der Waals surface area contributed by atoms with Crippen LogP contribution < -0.4 is 0 Å². The Bertz CT molecular complexity index is 310. The molecule has 0 aliphatic heterocycles. The van der Waals surface area contributed by atoms with E-state index in [0.717, 1.165) is 11.1 Å². The Hall–Kier alpha value is -0.216. The molecule has 0 saturated carbocycles. The highest BCUT2D eigenvalue weighted by Crippen LogP contribution is 1.96. The van der Waals surface area contributed by atoms with Crippen molar-refractivity contribution in [1.29, 1.82) is 0 Å². The van der Waals surface area contributed by atoms with E-state index in [9.17, 15) is 8.42 Å². The van der Waals surface area contributed by atoms with Crippen LogP contribution in [0.1, 0.15) is 27.7 Å². The van der Waals surface area contributed by atoms with Crippen LogP contribution in [0.3, 0.4) is 0 Å². The molecule has 0 saturated heterocycles. The normalized spacial score (nSPS) is 12.5. The van der Waals surface area contributed by atoms with Crippen LogP contribution in [0.4, 0.5) is 0 Å². The van der Waals surface area contributed by atoms with Crippen LogP contribution in [0.2, 0.25) is 0 Å². The standard InChI is InChI=1S/C8H18O4SSi2/c1-7(2)5-14-11-13(9,10)12-15-6-8(3)4/h5-6H,14-15H2,1-4H3. The maximum absolute atomic E-state index is 11.2. The third-order valence-electron chi connectivity index (χ3n) is 1.41. The van der Waals surface area contributed by atoms with Crippen LogP contribution >= 0.6 is 0 Å². The molecule has 0 atom stereocenters. The highest BCUT2D eigenvalue weighted by atomic mass is 32.3. The molecule has 0 amide bonds. The molecule has 0 heterocycles. The van der Waals surface area contributed by atoms with E-state index in [1.165, 1.54) is 0 Å². The number of hydrogen-bond donors (Lipinski definition) is 0. The van der Waals surface area contributed by atoms with Gasteiger partial charge in [0.25, 0.3) is 0 Å². The summed E-state index contributed by atoms with van der Waals surface area (Å²) in [6, 6.07) is 0. The minimum atomic E-state index is -3.74. The van der Waals surface area contributed by atoms with Gasteiger partial charge in [0.15, 0.2) is 0 Å². The smallest absolute Gasteiger partial charge is 0.297 e. The lowest BCUT2D eigenvalue weighted by Crippen LogP contribution is -2.14. The van der Waals surface area contributed by atoms with Crippen LogP contribution in [0.25, 0.3) is 0 Å². The summed E-state index contributed by atoms with van der Waals surface area (Å²) in [6.45, 7) is 7.62. The van der Waals surface area contributed by atoms with E-state index >= 15 is 0 Å². The van der Waals surface area contributed by atoms with Gasteiger partial charge in [-0.05, 0) is 27.7 Å². The molecule has 0 aromatic carbocycles. The van der Waals surface area contributed by atoms with Crippen LogP contribution in [-0.2, 0) is 18.1 Å². The van der Waals surface area contributed by atoms with Gasteiger partial charge in [-0.3, -0.25) is 7.74 Å². The van der Waals surface area contributed by atoms with Crippen molar-refractivity contribution in [2.24, 2.45) is 0 Å². The Morgan fingerprint density at radius 2 is 1.27 bits per heavy atom. The lowest BCUT2D eigenvalue weighted by molar-refractivity contribution is 0.414. The van der Waals surface area contributed by atoms with Crippen LogP contribution in [-0.4, -0.2) is 27.9 Å². The van der Waals surface area contributed by atoms with E-state index in [0.29, 0.717) is 0 Å². The molecule has 0 fully saturated rings. The van der Waals surface area contributed by atoms with Crippen molar-refractivity contribution in [2.75, 3.05) is 0 Å². The molecule has 0 aromatic heterocycles. The van der Waals surface area contributed by atoms with Gasteiger partial charge in [-0.2, -0.15) is 8.42 Å². The number of rotatable bonds is 6. The molecule has 15 heavy (non-hydrogen) atoms. The molecule has 7 heteroatoms. The Morgan fingerprint density at radius 1 is 0.933 bits per heavy atom. The summed E-state index contributed by atoms with van der Waals surface area (Å²) in [5.41, 5.74) is 5.78. The van der Waals surface area contributed by atoms with Gasteiger partial charge in [-0.25, -0.2) is 0 Å². The summed E-state index contributed by atoms with van der Waals surface area (Å²) in [5, 5.41) is 0. The van der Waals surface area contributed by atoms with Crippen LogP contribution in [0, 0.1) is 0 Å². The Kier molecular flexibility index (Phi) is 7.02. The van der Waals surface area contributed by atoms with E-state index in [1.54, 1.807) is 0 Å². The van der Waals surface area contributed by atoms with E-state index in [2.05, 4.69) is 0 Å². The van der Waals surface area contributed by atoms with Crippen molar-refractivity contribution in [1.82, 2.24) is 0 Å². The predicted molar refractivity (Wildman–Crippen MR) is 67.0 cm³/mol. The van der Waals surface area contributed by atoms with Gasteiger partial charge >= 0.3 is 10.4 Å². The molecule has 0 aromatic rings. The molecule has 0 rings (SSSR count). The van der Waals surface area contributed by atoms with E-state index in [4.69, 9.17) is 7.74 Å². The molecular formula is C8H18O4SSi2. The summed E-state index contributed by atoms with van der Waals surface area (Å²) < 4.78 is 31.8. The van der Waals surface area contributed by atoms with E-state index < -0.39 is 29.9 Å². The van der Waals surface area contributed by atoms with Gasteiger partial charge in [0.05, 0.1) is 0 Å². The maximum Gasteiger partial charge on any atom is 0.379 e. The summed E-state index contributed by atoms with van der Waals surface area (Å²) in [6.07, 6.45) is 0. The molecule has 88 valence electrons. The van der Waals surface area contributed by atoms with Gasteiger partial charge in [-0.1, -0.05) is 22.5 Å². The average molecular weight is 266 g/mol. The third kappa shape index (κ3) is 10.1. The van der Waals surface area contributed by atoms with Gasteiger partial charge in [0.1, 0.15) is 0 Å². The first-order chi connectivity index (χ1) is 6.83. The monoisotopic (exact) mass is 266 g/mol. The fourth-order valence-electron chi connectivity index (χ4n) is 0.602. The fourth-order valence-corrected chi connectivity index (χ4v) is 4.03. The topological polar surface area (TPSA) is 52.6 Å². The quantitative estimate of drug-likeness (QED) is 0.648. The first-order valence-electron chi connectivity index (χ1n) is 4.64. The van der Waals surface area contributed by atoms with Crippen molar-refractivity contribution >= 4 is 29.9 Å². The Balaban J connectivity index is 3.99. The van der Waals surface area contributed by atoms with Gasteiger partial charge < -0.3 is 0 Å². The van der Waals surface area contributed by atoms with Crippen molar-refractivity contribution in [2.45, 2.75) is 27.7 Å². The predicted octanol–water partition coefficient (Wildman–Crippen LogP) is 0.279. The van der Waals surface area contributed by atoms with E-state index in [1.807, 2.05) is 39.1 Å².